The second-order valence-corrected chi connectivity index (χ2v) is 2.99. The molecule has 0 fully saturated rings. The normalized spacial score (nSPS) is 11.5. The van der Waals surface area contributed by atoms with Gasteiger partial charge in [0.15, 0.2) is 0 Å². The molecule has 0 aromatic heterocycles. The highest BCUT2D eigenvalue weighted by Gasteiger charge is 2.13. The molecule has 0 aliphatic carbocycles. The summed E-state index contributed by atoms with van der Waals surface area (Å²) in [7, 11) is 0. The highest BCUT2D eigenvalue weighted by molar-refractivity contribution is 6.00. The van der Waals surface area contributed by atoms with E-state index < -0.39 is 5.97 Å². The number of carbonyl (C=O) groups is 1. The van der Waals surface area contributed by atoms with Crippen molar-refractivity contribution in [3.05, 3.63) is 41.5 Å². The van der Waals surface area contributed by atoms with E-state index in [0.29, 0.717) is 12.0 Å². The van der Waals surface area contributed by atoms with Crippen LogP contribution in [0.15, 0.2) is 35.9 Å². The summed E-state index contributed by atoms with van der Waals surface area (Å²) in [6, 6.07) is 10.8. The fraction of sp³-hybridized carbons (Fsp3) is 0.167. The average molecular weight is 201 g/mol. The molecule has 0 amide bonds. The number of benzene rings is 1. The Morgan fingerprint density at radius 2 is 2.00 bits per heavy atom. The summed E-state index contributed by atoms with van der Waals surface area (Å²) >= 11 is 0. The number of rotatable bonds is 3. The van der Waals surface area contributed by atoms with E-state index >= 15 is 0 Å². The molecular weight excluding hydrogens is 190 g/mol. The molecule has 3 heteroatoms. The standard InChI is InChI=1S/C12H11NO2/c1-2-10(11(8-13)12(14)15)9-6-4-3-5-7-9/h3-7H,2H2,1H3,(H,14,15)/b11-10+. The highest BCUT2D eigenvalue weighted by atomic mass is 16.4. The average Bonchev–Trinajstić information content (AvgIpc) is 2.26. The van der Waals surface area contributed by atoms with Crippen molar-refractivity contribution >= 4 is 11.5 Å². The van der Waals surface area contributed by atoms with Gasteiger partial charge in [0.25, 0.3) is 0 Å². The molecule has 0 unspecified atom stereocenters. The van der Waals surface area contributed by atoms with Crippen molar-refractivity contribution in [2.45, 2.75) is 13.3 Å². The predicted octanol–water partition coefficient (Wildman–Crippen LogP) is 2.46. The van der Waals surface area contributed by atoms with Gasteiger partial charge in [-0.3, -0.25) is 0 Å². The molecule has 0 aliphatic heterocycles. The van der Waals surface area contributed by atoms with E-state index in [1.54, 1.807) is 18.2 Å². The Kier molecular flexibility index (Phi) is 3.64. The second kappa shape index (κ2) is 4.97. The van der Waals surface area contributed by atoms with Gasteiger partial charge in [0.1, 0.15) is 11.6 Å². The Balaban J connectivity index is 3.31. The van der Waals surface area contributed by atoms with Crippen molar-refractivity contribution < 1.29 is 9.90 Å². The number of hydrogen-bond donors (Lipinski definition) is 1. The quantitative estimate of drug-likeness (QED) is 0.603. The van der Waals surface area contributed by atoms with Crippen molar-refractivity contribution in [2.75, 3.05) is 0 Å². The van der Waals surface area contributed by atoms with Gasteiger partial charge in [-0.15, -0.1) is 0 Å². The molecule has 1 aromatic rings. The first-order chi connectivity index (χ1) is 7.20. The van der Waals surface area contributed by atoms with Crippen LogP contribution in [0.5, 0.6) is 0 Å². The van der Waals surface area contributed by atoms with E-state index in [1.165, 1.54) is 0 Å². The Labute approximate surface area is 88.3 Å². The third-order valence-electron chi connectivity index (χ3n) is 2.10. The lowest BCUT2D eigenvalue weighted by molar-refractivity contribution is -0.132. The van der Waals surface area contributed by atoms with Crippen molar-refractivity contribution in [3.8, 4) is 6.07 Å². The topological polar surface area (TPSA) is 61.1 Å². The predicted molar refractivity (Wildman–Crippen MR) is 56.9 cm³/mol. The minimum atomic E-state index is -1.17. The lowest BCUT2D eigenvalue weighted by atomic mass is 9.98. The molecular formula is C12H11NO2. The van der Waals surface area contributed by atoms with Gasteiger partial charge in [0, 0.05) is 0 Å². The summed E-state index contributed by atoms with van der Waals surface area (Å²) in [5, 5.41) is 17.6. The summed E-state index contributed by atoms with van der Waals surface area (Å²) in [4.78, 5) is 10.8. The molecule has 0 spiro atoms. The van der Waals surface area contributed by atoms with Crippen LogP contribution in [0.25, 0.3) is 5.57 Å². The lowest BCUT2D eigenvalue weighted by Gasteiger charge is -2.05. The van der Waals surface area contributed by atoms with Crippen molar-refractivity contribution in [1.82, 2.24) is 0 Å². The maximum atomic E-state index is 10.8. The molecule has 1 N–H and O–H groups in total. The van der Waals surface area contributed by atoms with E-state index in [4.69, 9.17) is 10.4 Å². The van der Waals surface area contributed by atoms with E-state index in [0.717, 1.165) is 5.56 Å². The molecule has 1 rings (SSSR count). The van der Waals surface area contributed by atoms with E-state index in [-0.39, 0.29) is 5.57 Å². The summed E-state index contributed by atoms with van der Waals surface area (Å²) in [6.45, 7) is 1.84. The van der Waals surface area contributed by atoms with Crippen LogP contribution in [0.3, 0.4) is 0 Å². The molecule has 76 valence electrons. The fourth-order valence-corrected chi connectivity index (χ4v) is 1.41. The van der Waals surface area contributed by atoms with E-state index in [1.807, 2.05) is 25.1 Å². The molecule has 0 bridgehead atoms. The van der Waals surface area contributed by atoms with Gasteiger partial charge in [-0.05, 0) is 17.6 Å². The molecule has 0 aliphatic rings. The Morgan fingerprint density at radius 1 is 1.40 bits per heavy atom. The molecule has 15 heavy (non-hydrogen) atoms. The summed E-state index contributed by atoms with van der Waals surface area (Å²) < 4.78 is 0. The number of carboxylic acid groups (broad SMARTS) is 1. The third-order valence-corrected chi connectivity index (χ3v) is 2.10. The number of aliphatic carboxylic acids is 1. The molecule has 0 heterocycles. The number of hydrogen-bond acceptors (Lipinski definition) is 2. The zero-order valence-corrected chi connectivity index (χ0v) is 8.40. The van der Waals surface area contributed by atoms with Crippen LogP contribution >= 0.6 is 0 Å². The zero-order chi connectivity index (χ0) is 11.3. The van der Waals surface area contributed by atoms with Gasteiger partial charge in [-0.2, -0.15) is 5.26 Å². The smallest absolute Gasteiger partial charge is 0.346 e. The van der Waals surface area contributed by atoms with Crippen LogP contribution in [0.2, 0.25) is 0 Å². The SMILES string of the molecule is CC/C(=C(/C#N)C(=O)O)c1ccccc1. The van der Waals surface area contributed by atoms with Gasteiger partial charge < -0.3 is 5.11 Å². The molecule has 0 saturated heterocycles. The first-order valence-corrected chi connectivity index (χ1v) is 4.62. The number of nitrogens with zero attached hydrogens (tertiary/aromatic N) is 1. The molecule has 3 nitrogen and oxygen atoms in total. The van der Waals surface area contributed by atoms with Crippen LogP contribution in [0.4, 0.5) is 0 Å². The minimum Gasteiger partial charge on any atom is -0.477 e. The van der Waals surface area contributed by atoms with Crippen molar-refractivity contribution in [3.63, 3.8) is 0 Å². The fourth-order valence-electron chi connectivity index (χ4n) is 1.41. The number of allylic oxidation sites excluding steroid dienone is 1. The van der Waals surface area contributed by atoms with Crippen molar-refractivity contribution in [2.24, 2.45) is 0 Å². The van der Waals surface area contributed by atoms with Gasteiger partial charge in [-0.1, -0.05) is 37.3 Å². The molecule has 1 aromatic carbocycles. The minimum absolute atomic E-state index is 0.177. The van der Waals surface area contributed by atoms with Crippen LogP contribution < -0.4 is 0 Å². The maximum absolute atomic E-state index is 10.8. The van der Waals surface area contributed by atoms with Gasteiger partial charge in [0.05, 0.1) is 0 Å². The van der Waals surface area contributed by atoms with Crippen LogP contribution in [0, 0.1) is 11.3 Å². The largest absolute Gasteiger partial charge is 0.477 e. The maximum Gasteiger partial charge on any atom is 0.346 e. The van der Waals surface area contributed by atoms with E-state index in [9.17, 15) is 4.79 Å². The summed E-state index contributed by atoms with van der Waals surface area (Å²) in [5.74, 6) is -1.17. The van der Waals surface area contributed by atoms with Gasteiger partial charge in [0.2, 0.25) is 0 Å². The van der Waals surface area contributed by atoms with E-state index in [2.05, 4.69) is 0 Å². The first-order valence-electron chi connectivity index (χ1n) is 4.62. The van der Waals surface area contributed by atoms with Crippen LogP contribution in [-0.2, 0) is 4.79 Å². The summed E-state index contributed by atoms with van der Waals surface area (Å²) in [6.07, 6.45) is 0.527. The monoisotopic (exact) mass is 201 g/mol. The van der Waals surface area contributed by atoms with Gasteiger partial charge >= 0.3 is 5.97 Å². The number of nitriles is 1. The van der Waals surface area contributed by atoms with Crippen LogP contribution in [-0.4, -0.2) is 11.1 Å². The lowest BCUT2D eigenvalue weighted by Crippen LogP contribution is -2.02. The Morgan fingerprint density at radius 3 is 2.40 bits per heavy atom. The highest BCUT2D eigenvalue weighted by Crippen LogP contribution is 2.21. The molecule has 0 atom stereocenters. The first kappa shape index (κ1) is 11.0. The second-order valence-electron chi connectivity index (χ2n) is 2.99. The van der Waals surface area contributed by atoms with Crippen molar-refractivity contribution in [1.29, 1.82) is 5.26 Å². The third kappa shape index (κ3) is 2.44. The van der Waals surface area contributed by atoms with Gasteiger partial charge in [-0.25, -0.2) is 4.79 Å². The van der Waals surface area contributed by atoms with Crippen LogP contribution in [0.1, 0.15) is 18.9 Å². The summed E-state index contributed by atoms with van der Waals surface area (Å²) in [5.41, 5.74) is 1.19. The zero-order valence-electron chi connectivity index (χ0n) is 8.40. The molecule has 0 radical (unpaired) electrons. The Bertz CT molecular complexity index is 427. The molecule has 0 saturated carbocycles. The number of carboxylic acids is 1. The Hall–Kier alpha value is -2.08.